The third kappa shape index (κ3) is 4.85. The predicted molar refractivity (Wildman–Crippen MR) is 80.0 cm³/mol. The van der Waals surface area contributed by atoms with Crippen LogP contribution in [-0.2, 0) is 11.2 Å². The van der Waals surface area contributed by atoms with E-state index in [-0.39, 0.29) is 0 Å². The van der Waals surface area contributed by atoms with Crippen LogP contribution in [0.3, 0.4) is 0 Å². The van der Waals surface area contributed by atoms with E-state index < -0.39 is 11.5 Å². The van der Waals surface area contributed by atoms with Gasteiger partial charge in [-0.2, -0.15) is 0 Å². The van der Waals surface area contributed by atoms with Gasteiger partial charge in [-0.1, -0.05) is 32.4 Å². The summed E-state index contributed by atoms with van der Waals surface area (Å²) in [5.41, 5.74) is 5.99. The molecule has 0 bridgehead atoms. The van der Waals surface area contributed by atoms with Crippen LogP contribution in [0, 0.1) is 0 Å². The average molecular weight is 279 g/mol. The molecule has 1 aromatic rings. The van der Waals surface area contributed by atoms with Gasteiger partial charge in [0.2, 0.25) is 0 Å². The van der Waals surface area contributed by atoms with Crippen LogP contribution >= 0.6 is 0 Å². The quantitative estimate of drug-likeness (QED) is 0.682. The van der Waals surface area contributed by atoms with Gasteiger partial charge in [-0.25, -0.2) is 0 Å². The fourth-order valence-electron chi connectivity index (χ4n) is 2.05. The van der Waals surface area contributed by atoms with Crippen LogP contribution < -0.4 is 10.5 Å². The average Bonchev–Trinajstić information content (AvgIpc) is 2.45. The Labute approximate surface area is 120 Å². The maximum atomic E-state index is 11.0. The molecule has 0 saturated carbocycles. The number of aliphatic carboxylic acids is 1. The molecule has 0 radical (unpaired) electrons. The van der Waals surface area contributed by atoms with E-state index in [4.69, 9.17) is 15.6 Å². The first kappa shape index (κ1) is 16.5. The molecular weight excluding hydrogens is 254 g/mol. The number of hydrogen-bond acceptors (Lipinski definition) is 3. The molecule has 3 N–H and O–H groups in total. The second-order valence-electron chi connectivity index (χ2n) is 5.16. The summed E-state index contributed by atoms with van der Waals surface area (Å²) < 4.78 is 5.61. The maximum absolute atomic E-state index is 11.0. The molecule has 0 aliphatic rings. The molecule has 0 spiro atoms. The van der Waals surface area contributed by atoms with Gasteiger partial charge in [0, 0.05) is 0 Å². The van der Waals surface area contributed by atoms with Crippen molar-refractivity contribution in [2.24, 2.45) is 5.73 Å². The van der Waals surface area contributed by atoms with Crippen molar-refractivity contribution < 1.29 is 14.6 Å². The smallest absolute Gasteiger partial charge is 0.323 e. The van der Waals surface area contributed by atoms with E-state index in [2.05, 4.69) is 19.1 Å². The van der Waals surface area contributed by atoms with Crippen LogP contribution in [0.2, 0.25) is 0 Å². The Balaban J connectivity index is 2.35. The van der Waals surface area contributed by atoms with Crippen LogP contribution in [0.15, 0.2) is 24.3 Å². The molecule has 0 heterocycles. The minimum Gasteiger partial charge on any atom is -0.494 e. The van der Waals surface area contributed by atoms with E-state index in [0.29, 0.717) is 25.9 Å². The van der Waals surface area contributed by atoms with Crippen molar-refractivity contribution in [3.63, 3.8) is 0 Å². The minimum absolute atomic E-state index is 0.423. The number of nitrogens with two attached hydrogens (primary N) is 1. The monoisotopic (exact) mass is 279 g/mol. The Morgan fingerprint density at radius 1 is 1.30 bits per heavy atom. The summed E-state index contributed by atoms with van der Waals surface area (Å²) in [6, 6.07) is 8.04. The van der Waals surface area contributed by atoms with Gasteiger partial charge < -0.3 is 15.6 Å². The number of hydrogen-bond donors (Lipinski definition) is 2. The zero-order valence-corrected chi connectivity index (χ0v) is 12.4. The van der Waals surface area contributed by atoms with Crippen LogP contribution in [0.5, 0.6) is 5.75 Å². The summed E-state index contributed by atoms with van der Waals surface area (Å²) >= 11 is 0. The van der Waals surface area contributed by atoms with Crippen molar-refractivity contribution in [2.75, 3.05) is 6.61 Å². The largest absolute Gasteiger partial charge is 0.494 e. The highest BCUT2D eigenvalue weighted by Gasteiger charge is 2.30. The van der Waals surface area contributed by atoms with E-state index in [1.807, 2.05) is 12.1 Å². The minimum atomic E-state index is -1.13. The highest BCUT2D eigenvalue weighted by atomic mass is 16.5. The van der Waals surface area contributed by atoms with Crippen LogP contribution in [0.25, 0.3) is 0 Å². The lowest BCUT2D eigenvalue weighted by molar-refractivity contribution is -0.143. The Kier molecular flexibility index (Phi) is 6.52. The third-order valence-electron chi connectivity index (χ3n) is 3.55. The van der Waals surface area contributed by atoms with Gasteiger partial charge in [-0.15, -0.1) is 0 Å². The van der Waals surface area contributed by atoms with Gasteiger partial charge >= 0.3 is 5.97 Å². The van der Waals surface area contributed by atoms with Gasteiger partial charge in [0.25, 0.3) is 0 Å². The zero-order valence-electron chi connectivity index (χ0n) is 12.4. The molecule has 0 aliphatic heterocycles. The Bertz CT molecular complexity index is 416. The number of rotatable bonds is 9. The van der Waals surface area contributed by atoms with E-state index in [9.17, 15) is 4.79 Å². The molecule has 1 aromatic carbocycles. The highest BCUT2D eigenvalue weighted by molar-refractivity contribution is 5.78. The van der Waals surface area contributed by atoms with Gasteiger partial charge in [-0.3, -0.25) is 4.79 Å². The Morgan fingerprint density at radius 3 is 2.45 bits per heavy atom. The van der Waals surface area contributed by atoms with Gasteiger partial charge in [0.15, 0.2) is 0 Å². The molecule has 4 nitrogen and oxygen atoms in total. The normalized spacial score (nSPS) is 13.8. The van der Waals surface area contributed by atoms with Crippen molar-refractivity contribution in [1.29, 1.82) is 0 Å². The van der Waals surface area contributed by atoms with Gasteiger partial charge in [0.1, 0.15) is 11.3 Å². The van der Waals surface area contributed by atoms with E-state index in [1.54, 1.807) is 6.92 Å². The molecule has 0 fully saturated rings. The molecule has 1 rings (SSSR count). The third-order valence-corrected chi connectivity index (χ3v) is 3.55. The second kappa shape index (κ2) is 7.90. The molecule has 0 amide bonds. The second-order valence-corrected chi connectivity index (χ2v) is 5.16. The Morgan fingerprint density at radius 2 is 1.95 bits per heavy atom. The molecule has 0 aromatic heterocycles. The molecule has 0 saturated heterocycles. The van der Waals surface area contributed by atoms with Gasteiger partial charge in [0.05, 0.1) is 6.61 Å². The Hall–Kier alpha value is -1.55. The zero-order chi connectivity index (χ0) is 15.0. The molecule has 112 valence electrons. The van der Waals surface area contributed by atoms with Crippen LogP contribution in [0.4, 0.5) is 0 Å². The maximum Gasteiger partial charge on any atom is 0.323 e. The summed E-state index contributed by atoms with van der Waals surface area (Å²) in [6.45, 7) is 4.43. The molecule has 4 heteroatoms. The number of benzene rings is 1. The number of aryl methyl sites for hydroxylation is 1. The number of carboxylic acid groups (broad SMARTS) is 1. The van der Waals surface area contributed by atoms with Crippen molar-refractivity contribution in [1.82, 2.24) is 0 Å². The van der Waals surface area contributed by atoms with Crippen LogP contribution in [0.1, 0.15) is 45.1 Å². The van der Waals surface area contributed by atoms with E-state index >= 15 is 0 Å². The summed E-state index contributed by atoms with van der Waals surface area (Å²) in [4.78, 5) is 11.0. The van der Waals surface area contributed by atoms with Crippen molar-refractivity contribution in [2.45, 2.75) is 51.5 Å². The molecule has 1 unspecified atom stereocenters. The number of carbonyl (C=O) groups is 1. The molecule has 20 heavy (non-hydrogen) atoms. The van der Waals surface area contributed by atoms with Crippen LogP contribution in [-0.4, -0.2) is 23.2 Å². The summed E-state index contributed by atoms with van der Waals surface area (Å²) in [7, 11) is 0. The van der Waals surface area contributed by atoms with Crippen molar-refractivity contribution in [3.05, 3.63) is 29.8 Å². The van der Waals surface area contributed by atoms with Gasteiger partial charge in [-0.05, 0) is 43.4 Å². The fraction of sp³-hybridized carbons (Fsp3) is 0.562. The first-order chi connectivity index (χ1) is 9.51. The lowest BCUT2D eigenvalue weighted by atomic mass is 9.92. The lowest BCUT2D eigenvalue weighted by Crippen LogP contribution is -2.47. The molecular formula is C16H25NO3. The highest BCUT2D eigenvalue weighted by Crippen LogP contribution is 2.17. The van der Waals surface area contributed by atoms with E-state index in [1.165, 1.54) is 5.56 Å². The van der Waals surface area contributed by atoms with E-state index in [0.717, 1.165) is 18.6 Å². The standard InChI is InChI=1S/C16H25NO3/c1-3-6-13-7-9-14(10-8-13)20-12-5-11-16(17,4-2)15(18)19/h7-10H,3-6,11-12,17H2,1-2H3,(H,18,19). The first-order valence-electron chi connectivity index (χ1n) is 7.26. The van der Waals surface area contributed by atoms with Crippen molar-refractivity contribution in [3.8, 4) is 5.75 Å². The number of carboxylic acids is 1. The topological polar surface area (TPSA) is 72.5 Å². The fourth-order valence-corrected chi connectivity index (χ4v) is 2.05. The SMILES string of the molecule is CCCc1ccc(OCCCC(N)(CC)C(=O)O)cc1. The first-order valence-corrected chi connectivity index (χ1v) is 7.26. The summed E-state index contributed by atoms with van der Waals surface area (Å²) in [5.74, 6) is -0.122. The summed E-state index contributed by atoms with van der Waals surface area (Å²) in [5, 5.41) is 9.06. The molecule has 1 atom stereocenters. The number of ether oxygens (including phenoxy) is 1. The summed E-state index contributed by atoms with van der Waals surface area (Å²) in [6.07, 6.45) is 3.68. The molecule has 0 aliphatic carbocycles. The van der Waals surface area contributed by atoms with Crippen molar-refractivity contribution >= 4 is 5.97 Å². The predicted octanol–water partition coefficient (Wildman–Crippen LogP) is 2.99. The lowest BCUT2D eigenvalue weighted by Gasteiger charge is -2.22.